The van der Waals surface area contributed by atoms with Gasteiger partial charge in [0.2, 0.25) is 0 Å². The topological polar surface area (TPSA) is 33.1 Å². The fourth-order valence-corrected chi connectivity index (χ4v) is 0.924. The molecule has 8 heteroatoms. The summed E-state index contributed by atoms with van der Waals surface area (Å²) in [6.07, 6.45) is -12.1. The van der Waals surface area contributed by atoms with Crippen molar-refractivity contribution in [3.8, 4) is 0 Å². The van der Waals surface area contributed by atoms with Crippen LogP contribution in [0.2, 0.25) is 0 Å². The molecular formula is C8H5F6NO. The molecule has 1 N–H and O–H groups in total. The molecule has 0 fully saturated rings. The van der Waals surface area contributed by atoms with E-state index in [4.69, 9.17) is 5.11 Å². The molecule has 0 aromatic carbocycles. The van der Waals surface area contributed by atoms with E-state index in [9.17, 15) is 26.3 Å². The van der Waals surface area contributed by atoms with E-state index in [1.54, 1.807) is 0 Å². The van der Waals surface area contributed by atoms with Crippen LogP contribution in [0.1, 0.15) is 17.4 Å². The molecule has 0 aliphatic heterocycles. The lowest BCUT2D eigenvalue weighted by molar-refractivity contribution is -0.206. The zero-order valence-corrected chi connectivity index (χ0v) is 7.47. The highest BCUT2D eigenvalue weighted by molar-refractivity contribution is 5.19. The second-order valence-electron chi connectivity index (χ2n) is 2.92. The third-order valence-electron chi connectivity index (χ3n) is 1.70. The number of pyridine rings is 1. The fourth-order valence-electron chi connectivity index (χ4n) is 0.924. The van der Waals surface area contributed by atoms with E-state index in [0.29, 0.717) is 18.3 Å². The molecule has 1 rings (SSSR count). The third-order valence-corrected chi connectivity index (χ3v) is 1.70. The molecule has 16 heavy (non-hydrogen) atoms. The Bertz CT molecular complexity index is 354. The maximum absolute atomic E-state index is 12.0. The normalized spacial score (nSPS) is 14.9. The highest BCUT2D eigenvalue weighted by atomic mass is 19.4. The Kier molecular flexibility index (Phi) is 3.13. The highest BCUT2D eigenvalue weighted by Gasteiger charge is 2.40. The Morgan fingerprint density at radius 3 is 1.94 bits per heavy atom. The Labute approximate surface area is 85.5 Å². The first-order valence-corrected chi connectivity index (χ1v) is 3.90. The molecule has 0 saturated heterocycles. The van der Waals surface area contributed by atoms with Gasteiger partial charge in [-0.1, -0.05) is 6.07 Å². The highest BCUT2D eigenvalue weighted by Crippen LogP contribution is 2.33. The summed E-state index contributed by atoms with van der Waals surface area (Å²) < 4.78 is 71.9. The summed E-state index contributed by atoms with van der Waals surface area (Å²) in [5.41, 5.74) is -2.05. The maximum atomic E-state index is 12.0. The van der Waals surface area contributed by atoms with Crippen molar-refractivity contribution >= 4 is 0 Å². The van der Waals surface area contributed by atoms with Crippen LogP contribution in [-0.4, -0.2) is 16.3 Å². The van der Waals surface area contributed by atoms with Gasteiger partial charge in [-0.15, -0.1) is 0 Å². The molecule has 0 aliphatic rings. The van der Waals surface area contributed by atoms with Gasteiger partial charge in [-0.05, 0) is 6.07 Å². The molecule has 0 aliphatic carbocycles. The zero-order valence-electron chi connectivity index (χ0n) is 7.47. The predicted octanol–water partition coefficient (Wildman–Crippen LogP) is 2.70. The van der Waals surface area contributed by atoms with Gasteiger partial charge in [0, 0.05) is 11.8 Å². The van der Waals surface area contributed by atoms with Crippen LogP contribution in [-0.2, 0) is 6.18 Å². The van der Waals surface area contributed by atoms with E-state index in [1.165, 1.54) is 0 Å². The van der Waals surface area contributed by atoms with Crippen molar-refractivity contribution in [3.05, 3.63) is 29.6 Å². The number of rotatable bonds is 1. The first-order chi connectivity index (χ1) is 7.12. The summed E-state index contributed by atoms with van der Waals surface area (Å²) in [5.74, 6) is 0. The number of halogens is 6. The fraction of sp³-hybridized carbons (Fsp3) is 0.375. The number of aromatic nitrogens is 1. The molecule has 1 unspecified atom stereocenters. The minimum Gasteiger partial charge on any atom is -0.379 e. The zero-order chi connectivity index (χ0) is 12.6. The van der Waals surface area contributed by atoms with Crippen molar-refractivity contribution < 1.29 is 31.4 Å². The maximum Gasteiger partial charge on any atom is 0.433 e. The van der Waals surface area contributed by atoms with Gasteiger partial charge in [-0.25, -0.2) is 0 Å². The van der Waals surface area contributed by atoms with Crippen LogP contribution >= 0.6 is 0 Å². The summed E-state index contributed by atoms with van der Waals surface area (Å²) >= 11 is 0. The van der Waals surface area contributed by atoms with Crippen LogP contribution in [0.25, 0.3) is 0 Å². The largest absolute Gasteiger partial charge is 0.433 e. The lowest BCUT2D eigenvalue weighted by Gasteiger charge is -2.14. The number of aliphatic hydroxyl groups excluding tert-OH is 1. The Morgan fingerprint density at radius 1 is 1.06 bits per heavy atom. The number of hydrogen-bond donors (Lipinski definition) is 1. The van der Waals surface area contributed by atoms with Gasteiger partial charge >= 0.3 is 12.4 Å². The van der Waals surface area contributed by atoms with E-state index < -0.39 is 29.7 Å². The number of nitrogens with zero attached hydrogens (tertiary/aromatic N) is 1. The second kappa shape index (κ2) is 3.93. The Hall–Kier alpha value is -1.31. The summed E-state index contributed by atoms with van der Waals surface area (Å²) in [6.45, 7) is 0. The van der Waals surface area contributed by atoms with Crippen molar-refractivity contribution in [1.82, 2.24) is 4.98 Å². The average molecular weight is 245 g/mol. The molecule has 90 valence electrons. The standard InChI is InChI=1S/C8H5F6NO/c9-7(10,11)5-2-1-4(3-15-5)6(16)8(12,13)14/h1-3,6,16H. The van der Waals surface area contributed by atoms with Gasteiger partial charge in [-0.2, -0.15) is 26.3 Å². The van der Waals surface area contributed by atoms with E-state index in [1.807, 2.05) is 0 Å². The van der Waals surface area contributed by atoms with Crippen LogP contribution in [0.4, 0.5) is 26.3 Å². The summed E-state index contributed by atoms with van der Waals surface area (Å²) in [4.78, 5) is 2.80. The molecule has 1 atom stereocenters. The molecule has 0 saturated carbocycles. The molecule has 0 amide bonds. The molecule has 0 spiro atoms. The molecule has 1 aromatic rings. The third kappa shape index (κ3) is 2.84. The van der Waals surface area contributed by atoms with E-state index in [0.717, 1.165) is 0 Å². The van der Waals surface area contributed by atoms with Gasteiger partial charge in [0.15, 0.2) is 6.10 Å². The first-order valence-electron chi connectivity index (χ1n) is 3.90. The quantitative estimate of drug-likeness (QED) is 0.771. The average Bonchev–Trinajstić information content (AvgIpc) is 2.14. The van der Waals surface area contributed by atoms with Crippen molar-refractivity contribution in [2.45, 2.75) is 18.5 Å². The predicted molar refractivity (Wildman–Crippen MR) is 40.3 cm³/mol. The number of alkyl halides is 6. The molecule has 1 aromatic heterocycles. The van der Waals surface area contributed by atoms with Gasteiger partial charge in [-0.3, -0.25) is 4.98 Å². The molecule has 0 radical (unpaired) electrons. The summed E-state index contributed by atoms with van der Waals surface area (Å²) in [6, 6.07) is 0.915. The van der Waals surface area contributed by atoms with E-state index >= 15 is 0 Å². The van der Waals surface area contributed by atoms with Gasteiger partial charge in [0.25, 0.3) is 0 Å². The number of aliphatic hydroxyl groups is 1. The van der Waals surface area contributed by atoms with E-state index in [2.05, 4.69) is 4.98 Å². The van der Waals surface area contributed by atoms with Crippen LogP contribution in [0.3, 0.4) is 0 Å². The van der Waals surface area contributed by atoms with Crippen LogP contribution in [0.5, 0.6) is 0 Å². The smallest absolute Gasteiger partial charge is 0.379 e. The van der Waals surface area contributed by atoms with Crippen LogP contribution < -0.4 is 0 Å². The molecule has 0 bridgehead atoms. The monoisotopic (exact) mass is 245 g/mol. The lowest BCUT2D eigenvalue weighted by atomic mass is 10.1. The van der Waals surface area contributed by atoms with Crippen molar-refractivity contribution in [3.63, 3.8) is 0 Å². The van der Waals surface area contributed by atoms with Gasteiger partial charge < -0.3 is 5.11 Å². The molecule has 1 heterocycles. The van der Waals surface area contributed by atoms with Crippen LogP contribution in [0.15, 0.2) is 18.3 Å². The SMILES string of the molecule is OC(c1ccc(C(F)(F)F)nc1)C(F)(F)F. The Balaban J connectivity index is 2.96. The second-order valence-corrected chi connectivity index (χ2v) is 2.92. The van der Waals surface area contributed by atoms with Crippen molar-refractivity contribution in [1.29, 1.82) is 0 Å². The molecule has 2 nitrogen and oxygen atoms in total. The van der Waals surface area contributed by atoms with Gasteiger partial charge in [0.1, 0.15) is 5.69 Å². The minimum absolute atomic E-state index is 0.348. The molecular weight excluding hydrogens is 240 g/mol. The number of hydrogen-bond acceptors (Lipinski definition) is 2. The lowest BCUT2D eigenvalue weighted by Crippen LogP contribution is -2.20. The summed E-state index contributed by atoms with van der Waals surface area (Å²) in [5, 5.41) is 8.70. The van der Waals surface area contributed by atoms with Crippen molar-refractivity contribution in [2.75, 3.05) is 0 Å². The first kappa shape index (κ1) is 12.8. The Morgan fingerprint density at radius 2 is 1.62 bits per heavy atom. The van der Waals surface area contributed by atoms with Crippen LogP contribution in [0, 0.1) is 0 Å². The minimum atomic E-state index is -4.93. The van der Waals surface area contributed by atoms with Gasteiger partial charge in [0.05, 0.1) is 0 Å². The van der Waals surface area contributed by atoms with E-state index in [-0.39, 0.29) is 0 Å². The summed E-state index contributed by atoms with van der Waals surface area (Å²) in [7, 11) is 0. The van der Waals surface area contributed by atoms with Crippen molar-refractivity contribution in [2.24, 2.45) is 0 Å².